The summed E-state index contributed by atoms with van der Waals surface area (Å²) in [6.45, 7) is 4.76. The maximum atomic E-state index is 12.6. The Balaban J connectivity index is 2.14. The first kappa shape index (κ1) is 15.8. The Morgan fingerprint density at radius 1 is 1.39 bits per heavy atom. The fraction of sp³-hybridized carbons (Fsp3) is 0.588. The van der Waals surface area contributed by atoms with Crippen molar-refractivity contribution in [1.82, 2.24) is 19.1 Å². The lowest BCUT2D eigenvalue weighted by Gasteiger charge is -2.19. The van der Waals surface area contributed by atoms with Gasteiger partial charge < -0.3 is 4.98 Å². The molecular formula is C17H24N4O2. The first-order valence-corrected chi connectivity index (χ1v) is 8.37. The number of nitrogens with zero attached hydrogens (tertiary/aromatic N) is 3. The van der Waals surface area contributed by atoms with Crippen molar-refractivity contribution in [2.75, 3.05) is 0 Å². The van der Waals surface area contributed by atoms with Gasteiger partial charge in [-0.2, -0.15) is 0 Å². The minimum absolute atomic E-state index is 0.230. The van der Waals surface area contributed by atoms with Gasteiger partial charge in [-0.3, -0.25) is 13.9 Å². The summed E-state index contributed by atoms with van der Waals surface area (Å²) in [4.78, 5) is 32.7. The lowest BCUT2D eigenvalue weighted by Crippen LogP contribution is -2.39. The molecule has 1 aliphatic rings. The summed E-state index contributed by atoms with van der Waals surface area (Å²) in [5.41, 5.74) is 0.364. The number of aromatic nitrogens is 4. The molecule has 0 saturated carbocycles. The number of nitrogens with one attached hydrogen (secondary N) is 1. The number of imidazole rings is 1. The molecule has 124 valence electrons. The van der Waals surface area contributed by atoms with Crippen LogP contribution in [0.3, 0.4) is 0 Å². The minimum Gasteiger partial charge on any atom is -0.336 e. The molecule has 6 nitrogen and oxygen atoms in total. The molecule has 2 unspecified atom stereocenters. The van der Waals surface area contributed by atoms with E-state index in [1.807, 2.05) is 0 Å². The molecule has 23 heavy (non-hydrogen) atoms. The van der Waals surface area contributed by atoms with E-state index >= 15 is 0 Å². The summed E-state index contributed by atoms with van der Waals surface area (Å²) in [6.07, 6.45) is 8.37. The molecule has 2 atom stereocenters. The Morgan fingerprint density at radius 3 is 2.83 bits per heavy atom. The molecule has 0 aromatic carbocycles. The van der Waals surface area contributed by atoms with Crippen LogP contribution >= 0.6 is 0 Å². The van der Waals surface area contributed by atoms with E-state index in [-0.39, 0.29) is 17.2 Å². The van der Waals surface area contributed by atoms with Crippen molar-refractivity contribution in [1.29, 1.82) is 0 Å². The Morgan fingerprint density at radius 2 is 2.17 bits per heavy atom. The van der Waals surface area contributed by atoms with E-state index in [4.69, 9.17) is 0 Å². The van der Waals surface area contributed by atoms with E-state index in [2.05, 4.69) is 36.0 Å². The summed E-state index contributed by atoms with van der Waals surface area (Å²) in [7, 11) is 1.53. The number of hydrogen-bond acceptors (Lipinski definition) is 3. The van der Waals surface area contributed by atoms with Crippen LogP contribution in [-0.4, -0.2) is 19.1 Å². The highest BCUT2D eigenvalue weighted by Gasteiger charge is 2.20. The maximum absolute atomic E-state index is 12.6. The topological polar surface area (TPSA) is 72.7 Å². The molecule has 6 heteroatoms. The molecule has 0 aliphatic heterocycles. The number of hydrogen-bond donors (Lipinski definition) is 1. The molecule has 0 saturated heterocycles. The van der Waals surface area contributed by atoms with Crippen LogP contribution in [0.2, 0.25) is 0 Å². The summed E-state index contributed by atoms with van der Waals surface area (Å²) in [5.74, 6) is 1.43. The van der Waals surface area contributed by atoms with Crippen molar-refractivity contribution < 1.29 is 0 Å². The van der Waals surface area contributed by atoms with Crippen molar-refractivity contribution in [2.45, 2.75) is 52.0 Å². The largest absolute Gasteiger partial charge is 0.336 e. The van der Waals surface area contributed by atoms with Gasteiger partial charge in [-0.25, -0.2) is 9.78 Å². The van der Waals surface area contributed by atoms with Gasteiger partial charge >= 0.3 is 5.69 Å². The van der Waals surface area contributed by atoms with Crippen LogP contribution in [0.15, 0.2) is 21.7 Å². The van der Waals surface area contributed by atoms with Gasteiger partial charge in [-0.1, -0.05) is 26.0 Å². The molecule has 2 aromatic heterocycles. The van der Waals surface area contributed by atoms with E-state index in [1.54, 1.807) is 4.57 Å². The Kier molecular flexibility index (Phi) is 4.24. The van der Waals surface area contributed by atoms with Crippen molar-refractivity contribution >= 4 is 11.2 Å². The summed E-state index contributed by atoms with van der Waals surface area (Å²) >= 11 is 0. The minimum atomic E-state index is -0.299. The molecule has 2 heterocycles. The molecule has 1 N–H and O–H groups in total. The van der Waals surface area contributed by atoms with E-state index in [0.717, 1.165) is 31.5 Å². The van der Waals surface area contributed by atoms with Gasteiger partial charge in [-0.15, -0.1) is 0 Å². The van der Waals surface area contributed by atoms with Gasteiger partial charge in [-0.05, 0) is 31.6 Å². The summed E-state index contributed by atoms with van der Waals surface area (Å²) < 4.78 is 2.85. The number of allylic oxidation sites excluding steroid dienone is 2. The standard InChI is InChI=1S/C17H24N4O2/c1-4-11(2)14-18-13-15(19-14)21(17(23)20(3)16(13)22)10-12-8-6-5-7-9-12/h5-6,11-12H,4,7-10H2,1-3H3,(H,18,19). The third-order valence-corrected chi connectivity index (χ3v) is 4.89. The van der Waals surface area contributed by atoms with E-state index in [9.17, 15) is 9.59 Å². The quantitative estimate of drug-likeness (QED) is 0.880. The lowest BCUT2D eigenvalue weighted by atomic mass is 9.94. The molecule has 0 radical (unpaired) electrons. The Bertz CT molecular complexity index is 856. The van der Waals surface area contributed by atoms with Gasteiger partial charge in [0.05, 0.1) is 0 Å². The second-order valence-corrected chi connectivity index (χ2v) is 6.54. The fourth-order valence-corrected chi connectivity index (χ4v) is 3.12. The number of H-pyrrole nitrogens is 1. The zero-order valence-corrected chi connectivity index (χ0v) is 14.0. The zero-order valence-electron chi connectivity index (χ0n) is 14.0. The summed E-state index contributed by atoms with van der Waals surface area (Å²) in [6, 6.07) is 0. The molecule has 2 aromatic rings. The van der Waals surface area contributed by atoms with Gasteiger partial charge in [0.25, 0.3) is 5.56 Å². The van der Waals surface area contributed by atoms with Crippen LogP contribution in [-0.2, 0) is 13.6 Å². The van der Waals surface area contributed by atoms with Crippen LogP contribution in [0.5, 0.6) is 0 Å². The summed E-state index contributed by atoms with van der Waals surface area (Å²) in [5, 5.41) is 0. The van der Waals surface area contributed by atoms with Crippen LogP contribution in [0.4, 0.5) is 0 Å². The molecule has 0 spiro atoms. The van der Waals surface area contributed by atoms with Crippen LogP contribution in [0.1, 0.15) is 51.3 Å². The van der Waals surface area contributed by atoms with Crippen molar-refractivity contribution in [2.24, 2.45) is 13.0 Å². The zero-order chi connectivity index (χ0) is 16.6. The molecular weight excluding hydrogens is 292 g/mol. The number of rotatable bonds is 4. The van der Waals surface area contributed by atoms with E-state index in [0.29, 0.717) is 23.6 Å². The molecule has 1 aliphatic carbocycles. The third kappa shape index (κ3) is 2.78. The average molecular weight is 316 g/mol. The highest BCUT2D eigenvalue weighted by Crippen LogP contribution is 2.22. The fourth-order valence-electron chi connectivity index (χ4n) is 3.12. The lowest BCUT2D eigenvalue weighted by molar-refractivity contribution is 0.401. The molecule has 0 bridgehead atoms. The number of fused-ring (bicyclic) bond motifs is 1. The van der Waals surface area contributed by atoms with E-state index < -0.39 is 0 Å². The Hall–Kier alpha value is -2.11. The van der Waals surface area contributed by atoms with Gasteiger partial charge in [0.15, 0.2) is 5.65 Å². The SMILES string of the molecule is CCC(C)c1nc2c([nH]1)c(=O)n(C)c(=O)n2CC1CC=CCC1. The molecule has 3 rings (SSSR count). The smallest absolute Gasteiger partial charge is 0.332 e. The van der Waals surface area contributed by atoms with Gasteiger partial charge in [0.2, 0.25) is 0 Å². The second kappa shape index (κ2) is 6.18. The monoisotopic (exact) mass is 316 g/mol. The van der Waals surface area contributed by atoms with Crippen molar-refractivity contribution in [3.05, 3.63) is 38.8 Å². The Labute approximate surface area is 134 Å². The second-order valence-electron chi connectivity index (χ2n) is 6.54. The van der Waals surface area contributed by atoms with Crippen molar-refractivity contribution in [3.8, 4) is 0 Å². The first-order valence-electron chi connectivity index (χ1n) is 8.37. The van der Waals surface area contributed by atoms with Gasteiger partial charge in [0, 0.05) is 19.5 Å². The third-order valence-electron chi connectivity index (χ3n) is 4.89. The number of aromatic amines is 1. The average Bonchev–Trinajstić information content (AvgIpc) is 3.02. The first-order chi connectivity index (χ1) is 11.0. The van der Waals surface area contributed by atoms with Crippen LogP contribution in [0, 0.1) is 5.92 Å². The highest BCUT2D eigenvalue weighted by molar-refractivity contribution is 5.70. The highest BCUT2D eigenvalue weighted by atomic mass is 16.2. The molecule has 0 fully saturated rings. The van der Waals surface area contributed by atoms with E-state index in [1.165, 1.54) is 11.6 Å². The normalized spacial score (nSPS) is 19.3. The van der Waals surface area contributed by atoms with Gasteiger partial charge in [0.1, 0.15) is 11.3 Å². The van der Waals surface area contributed by atoms with Crippen LogP contribution < -0.4 is 11.2 Å². The molecule has 0 amide bonds. The van der Waals surface area contributed by atoms with Crippen molar-refractivity contribution in [3.63, 3.8) is 0 Å². The predicted octanol–water partition coefficient (Wildman–Crippen LogP) is 2.29. The maximum Gasteiger partial charge on any atom is 0.332 e. The predicted molar refractivity (Wildman–Crippen MR) is 90.8 cm³/mol. The van der Waals surface area contributed by atoms with Crippen LogP contribution in [0.25, 0.3) is 11.2 Å².